The minimum atomic E-state index is -0.341. The third-order valence-corrected chi connectivity index (χ3v) is 7.68. The summed E-state index contributed by atoms with van der Waals surface area (Å²) in [7, 11) is 0. The van der Waals surface area contributed by atoms with Crippen LogP contribution in [0.3, 0.4) is 0 Å². The van der Waals surface area contributed by atoms with Gasteiger partial charge in [-0.1, -0.05) is 19.1 Å². The zero-order chi connectivity index (χ0) is 18.6. The number of carbonyl (C=O) groups is 3. The normalized spacial score (nSPS) is 43.8. The first-order valence-electron chi connectivity index (χ1n) is 9.91. The third-order valence-electron chi connectivity index (χ3n) is 7.68. The summed E-state index contributed by atoms with van der Waals surface area (Å²) in [5, 5.41) is 0. The second-order valence-electron chi connectivity index (χ2n) is 8.98. The summed E-state index contributed by atoms with van der Waals surface area (Å²) in [6.45, 7) is 5.47. The number of ether oxygens (including phenoxy) is 1. The molecule has 0 spiro atoms. The second-order valence-corrected chi connectivity index (χ2v) is 8.98. The fraction of sp³-hybridized carbons (Fsp3) is 0.682. The second kappa shape index (κ2) is 6.17. The lowest BCUT2D eigenvalue weighted by Gasteiger charge is -2.52. The van der Waals surface area contributed by atoms with E-state index in [-0.39, 0.29) is 35.1 Å². The molecule has 140 valence electrons. The van der Waals surface area contributed by atoms with E-state index in [1.165, 1.54) is 6.92 Å². The van der Waals surface area contributed by atoms with Gasteiger partial charge in [-0.05, 0) is 67.4 Å². The SMILES string of the molecule is CC(=O)OC1CC(=O)C=C2C=C[C@@H]3[C@H](CC[C@]4(C)[C@@H](C(C)=O)CC[C@@H]34)[C@@H]21. The molecule has 4 nitrogen and oxygen atoms in total. The summed E-state index contributed by atoms with van der Waals surface area (Å²) in [4.78, 5) is 35.9. The Morgan fingerprint density at radius 1 is 1.19 bits per heavy atom. The predicted octanol–water partition coefficient (Wildman–Crippen LogP) is 3.65. The number of rotatable bonds is 2. The lowest BCUT2D eigenvalue weighted by molar-refractivity contribution is -0.153. The van der Waals surface area contributed by atoms with Crippen LogP contribution in [0, 0.1) is 35.0 Å². The monoisotopic (exact) mass is 356 g/mol. The van der Waals surface area contributed by atoms with E-state index >= 15 is 0 Å². The highest BCUT2D eigenvalue weighted by Crippen LogP contribution is 2.62. The number of hydrogen-bond donors (Lipinski definition) is 0. The number of ketones is 2. The van der Waals surface area contributed by atoms with E-state index in [9.17, 15) is 14.4 Å². The van der Waals surface area contributed by atoms with E-state index in [0.717, 1.165) is 31.3 Å². The first-order chi connectivity index (χ1) is 12.3. The van der Waals surface area contributed by atoms with Crippen molar-refractivity contribution >= 4 is 17.5 Å². The van der Waals surface area contributed by atoms with Crippen molar-refractivity contribution < 1.29 is 19.1 Å². The van der Waals surface area contributed by atoms with Crippen molar-refractivity contribution in [2.45, 2.75) is 59.0 Å². The first kappa shape index (κ1) is 17.7. The lowest BCUT2D eigenvalue weighted by Crippen LogP contribution is -2.49. The molecule has 0 aromatic heterocycles. The molecule has 2 saturated carbocycles. The number of esters is 1. The quantitative estimate of drug-likeness (QED) is 0.709. The predicted molar refractivity (Wildman–Crippen MR) is 97.1 cm³/mol. The minimum absolute atomic E-state index is 0.0451. The molecular weight excluding hydrogens is 328 g/mol. The molecule has 0 saturated heterocycles. The molecule has 0 radical (unpaired) electrons. The van der Waals surface area contributed by atoms with Gasteiger partial charge in [0.25, 0.3) is 0 Å². The number of fused-ring (bicyclic) bond motifs is 5. The van der Waals surface area contributed by atoms with Gasteiger partial charge in [-0.3, -0.25) is 14.4 Å². The van der Waals surface area contributed by atoms with Crippen LogP contribution < -0.4 is 0 Å². The van der Waals surface area contributed by atoms with Gasteiger partial charge in [0.1, 0.15) is 11.9 Å². The molecule has 0 heterocycles. The molecule has 2 fully saturated rings. The lowest BCUT2D eigenvalue weighted by atomic mass is 9.52. The van der Waals surface area contributed by atoms with Crippen molar-refractivity contribution in [3.05, 3.63) is 23.8 Å². The molecule has 4 heteroatoms. The highest BCUT2D eigenvalue weighted by Gasteiger charge is 2.57. The number of Topliss-reactive ketones (excluding diaryl/α,β-unsaturated/α-hetero) is 1. The fourth-order valence-electron chi connectivity index (χ4n) is 6.70. The zero-order valence-corrected chi connectivity index (χ0v) is 15.9. The van der Waals surface area contributed by atoms with E-state index < -0.39 is 0 Å². The van der Waals surface area contributed by atoms with Gasteiger partial charge in [-0.2, -0.15) is 0 Å². The van der Waals surface area contributed by atoms with Crippen LogP contribution >= 0.6 is 0 Å². The van der Waals surface area contributed by atoms with Crippen molar-refractivity contribution in [1.29, 1.82) is 0 Å². The molecule has 0 aromatic carbocycles. The average Bonchev–Trinajstić information content (AvgIpc) is 2.91. The minimum Gasteiger partial charge on any atom is -0.461 e. The fourth-order valence-corrected chi connectivity index (χ4v) is 6.70. The molecule has 4 aliphatic carbocycles. The summed E-state index contributed by atoms with van der Waals surface area (Å²) in [5.41, 5.74) is 1.11. The van der Waals surface area contributed by atoms with Gasteiger partial charge in [0.05, 0.1) is 0 Å². The van der Waals surface area contributed by atoms with Gasteiger partial charge in [0.2, 0.25) is 0 Å². The van der Waals surface area contributed by atoms with E-state index in [1.807, 2.05) is 0 Å². The Hall–Kier alpha value is -1.71. The molecule has 4 aliphatic rings. The summed E-state index contributed by atoms with van der Waals surface area (Å²) < 4.78 is 5.59. The van der Waals surface area contributed by atoms with Crippen molar-refractivity contribution in [1.82, 2.24) is 0 Å². The maximum Gasteiger partial charge on any atom is 0.302 e. The summed E-state index contributed by atoms with van der Waals surface area (Å²) in [6, 6.07) is 0. The van der Waals surface area contributed by atoms with Crippen LogP contribution in [0.25, 0.3) is 0 Å². The molecule has 0 N–H and O–H groups in total. The maximum atomic E-state index is 12.2. The molecule has 7 atom stereocenters. The van der Waals surface area contributed by atoms with Crippen LogP contribution in [0.5, 0.6) is 0 Å². The maximum absolute atomic E-state index is 12.2. The third kappa shape index (κ3) is 2.60. The highest BCUT2D eigenvalue weighted by atomic mass is 16.5. The molecule has 26 heavy (non-hydrogen) atoms. The van der Waals surface area contributed by atoms with E-state index in [0.29, 0.717) is 30.0 Å². The molecule has 0 aliphatic heterocycles. The Morgan fingerprint density at radius 2 is 1.96 bits per heavy atom. The Kier molecular flexibility index (Phi) is 4.20. The van der Waals surface area contributed by atoms with Gasteiger partial charge < -0.3 is 4.74 Å². The van der Waals surface area contributed by atoms with Gasteiger partial charge in [0.15, 0.2) is 5.78 Å². The molecular formula is C22H28O4. The molecule has 0 bridgehead atoms. The topological polar surface area (TPSA) is 60.4 Å². The highest BCUT2D eigenvalue weighted by molar-refractivity contribution is 5.92. The summed E-state index contributed by atoms with van der Waals surface area (Å²) in [6.07, 6.45) is 10.2. The summed E-state index contributed by atoms with van der Waals surface area (Å²) in [5.74, 6) is 1.66. The zero-order valence-electron chi connectivity index (χ0n) is 15.9. The van der Waals surface area contributed by atoms with Crippen molar-refractivity contribution in [2.24, 2.45) is 35.0 Å². The van der Waals surface area contributed by atoms with Crippen LogP contribution in [-0.4, -0.2) is 23.6 Å². The number of hydrogen-bond acceptors (Lipinski definition) is 4. The van der Waals surface area contributed by atoms with Crippen LogP contribution in [-0.2, 0) is 19.1 Å². The van der Waals surface area contributed by atoms with Crippen molar-refractivity contribution in [3.8, 4) is 0 Å². The van der Waals surface area contributed by atoms with Crippen LogP contribution in [0.4, 0.5) is 0 Å². The standard InChI is InChI=1S/C22H28O4/c1-12(23)18-6-7-19-16-5-4-14-10-15(25)11-20(26-13(2)24)21(14)17(16)8-9-22(18,19)3/h4-5,10,16-21H,6-9,11H2,1-3H3/t16-,17+,18-,19+,20?,21-,22-/m1/s1. The van der Waals surface area contributed by atoms with Crippen molar-refractivity contribution in [3.63, 3.8) is 0 Å². The average molecular weight is 356 g/mol. The van der Waals surface area contributed by atoms with Gasteiger partial charge in [0, 0.05) is 25.2 Å². The summed E-state index contributed by atoms with van der Waals surface area (Å²) >= 11 is 0. The van der Waals surface area contributed by atoms with E-state index in [4.69, 9.17) is 4.74 Å². The Bertz CT molecular complexity index is 718. The molecule has 0 aromatic rings. The van der Waals surface area contributed by atoms with Gasteiger partial charge >= 0.3 is 5.97 Å². The van der Waals surface area contributed by atoms with Crippen LogP contribution in [0.1, 0.15) is 52.9 Å². The van der Waals surface area contributed by atoms with Gasteiger partial charge in [-0.15, -0.1) is 0 Å². The Morgan fingerprint density at radius 3 is 2.65 bits per heavy atom. The Balaban J connectivity index is 1.68. The van der Waals surface area contributed by atoms with Crippen LogP contribution in [0.2, 0.25) is 0 Å². The number of allylic oxidation sites excluding steroid dienone is 3. The largest absolute Gasteiger partial charge is 0.461 e. The molecule has 1 unspecified atom stereocenters. The van der Waals surface area contributed by atoms with E-state index in [2.05, 4.69) is 19.1 Å². The van der Waals surface area contributed by atoms with Gasteiger partial charge in [-0.25, -0.2) is 0 Å². The Labute approximate surface area is 155 Å². The molecule has 0 amide bonds. The number of carbonyl (C=O) groups excluding carboxylic acids is 3. The van der Waals surface area contributed by atoms with Crippen molar-refractivity contribution in [2.75, 3.05) is 0 Å². The first-order valence-corrected chi connectivity index (χ1v) is 9.91. The molecule has 4 rings (SSSR count). The smallest absolute Gasteiger partial charge is 0.302 e. The van der Waals surface area contributed by atoms with E-state index in [1.54, 1.807) is 13.0 Å². The van der Waals surface area contributed by atoms with Crippen LogP contribution in [0.15, 0.2) is 23.8 Å².